The van der Waals surface area contributed by atoms with Crippen molar-refractivity contribution in [3.8, 4) is 0 Å². The number of aliphatic hydroxyl groups is 1. The van der Waals surface area contributed by atoms with Crippen LogP contribution in [0.2, 0.25) is 5.15 Å². The van der Waals surface area contributed by atoms with Crippen molar-refractivity contribution in [2.24, 2.45) is 0 Å². The van der Waals surface area contributed by atoms with Gasteiger partial charge in [0, 0.05) is 17.3 Å². The number of aliphatic hydroxyl groups excluding tert-OH is 1. The monoisotopic (exact) mass is 332 g/mol. The topological polar surface area (TPSA) is 78.4 Å². The van der Waals surface area contributed by atoms with Crippen LogP contribution in [0.3, 0.4) is 0 Å². The van der Waals surface area contributed by atoms with E-state index >= 15 is 0 Å². The summed E-state index contributed by atoms with van der Waals surface area (Å²) in [5.41, 5.74) is 0.771. The summed E-state index contributed by atoms with van der Waals surface area (Å²) in [7, 11) is 0. The third-order valence-electron chi connectivity index (χ3n) is 3.67. The highest BCUT2D eigenvalue weighted by Crippen LogP contribution is 2.31. The number of hydrogen-bond donors (Lipinski definition) is 2. The number of nitrogens with one attached hydrogen (secondary N) is 1. The van der Waals surface area contributed by atoms with Gasteiger partial charge in [-0.2, -0.15) is 0 Å². The molecule has 1 aliphatic rings. The average molecular weight is 333 g/mol. The van der Waals surface area contributed by atoms with Gasteiger partial charge < -0.3 is 10.4 Å². The highest BCUT2D eigenvalue weighted by atomic mass is 35.5. The maximum atomic E-state index is 12.5. The lowest BCUT2D eigenvalue weighted by molar-refractivity contribution is 0.0996. The van der Waals surface area contributed by atoms with Crippen LogP contribution in [0.5, 0.6) is 0 Å². The van der Waals surface area contributed by atoms with E-state index in [0.29, 0.717) is 28.9 Å². The van der Waals surface area contributed by atoms with E-state index in [2.05, 4.69) is 15.3 Å². The molecular weight excluding hydrogens is 316 g/mol. The SMILES string of the molecule is CC(C)(CO)Nc1cccc(N2Cc3c(ccnc3Cl)C2=O)n1. The molecule has 120 valence electrons. The normalized spacial score (nSPS) is 14.1. The lowest BCUT2D eigenvalue weighted by Crippen LogP contribution is -2.35. The Morgan fingerprint density at radius 3 is 2.87 bits per heavy atom. The molecule has 1 amide bonds. The van der Waals surface area contributed by atoms with E-state index in [0.717, 1.165) is 5.56 Å². The molecule has 6 nitrogen and oxygen atoms in total. The quantitative estimate of drug-likeness (QED) is 0.841. The smallest absolute Gasteiger partial charge is 0.260 e. The molecule has 2 aromatic heterocycles. The number of nitrogens with zero attached hydrogens (tertiary/aromatic N) is 3. The largest absolute Gasteiger partial charge is 0.394 e. The molecule has 0 saturated carbocycles. The number of carbonyl (C=O) groups excluding carboxylic acids is 1. The summed E-state index contributed by atoms with van der Waals surface area (Å²) >= 11 is 6.07. The van der Waals surface area contributed by atoms with Crippen LogP contribution in [-0.2, 0) is 6.54 Å². The second kappa shape index (κ2) is 5.79. The van der Waals surface area contributed by atoms with Gasteiger partial charge in [-0.05, 0) is 32.0 Å². The van der Waals surface area contributed by atoms with E-state index in [4.69, 9.17) is 11.6 Å². The van der Waals surface area contributed by atoms with Crippen LogP contribution in [0.1, 0.15) is 29.8 Å². The molecule has 7 heteroatoms. The Kier molecular flexibility index (Phi) is 3.95. The van der Waals surface area contributed by atoms with Crippen LogP contribution in [0.25, 0.3) is 0 Å². The van der Waals surface area contributed by atoms with Gasteiger partial charge in [0.15, 0.2) is 0 Å². The van der Waals surface area contributed by atoms with Gasteiger partial charge >= 0.3 is 0 Å². The summed E-state index contributed by atoms with van der Waals surface area (Å²) in [4.78, 5) is 22.6. The minimum atomic E-state index is -0.503. The Labute approximate surface area is 139 Å². The molecular formula is C16H17ClN4O2. The number of rotatable bonds is 4. The van der Waals surface area contributed by atoms with E-state index in [-0.39, 0.29) is 12.5 Å². The number of halogens is 1. The Morgan fingerprint density at radius 1 is 1.39 bits per heavy atom. The van der Waals surface area contributed by atoms with Crippen molar-refractivity contribution in [3.05, 3.63) is 46.7 Å². The first-order valence-electron chi connectivity index (χ1n) is 7.22. The van der Waals surface area contributed by atoms with Crippen LogP contribution in [0.4, 0.5) is 11.6 Å². The summed E-state index contributed by atoms with van der Waals surface area (Å²) in [5, 5.41) is 12.8. The number of carbonyl (C=O) groups is 1. The molecule has 2 aromatic rings. The van der Waals surface area contributed by atoms with E-state index in [1.165, 1.54) is 6.20 Å². The zero-order chi connectivity index (χ0) is 16.6. The zero-order valence-corrected chi connectivity index (χ0v) is 13.6. The number of pyridine rings is 2. The highest BCUT2D eigenvalue weighted by molar-refractivity contribution is 6.31. The molecule has 0 aliphatic carbocycles. The number of aromatic nitrogens is 2. The first-order chi connectivity index (χ1) is 10.9. The van der Waals surface area contributed by atoms with Crippen LogP contribution in [0, 0.1) is 0 Å². The lowest BCUT2D eigenvalue weighted by atomic mass is 10.1. The Morgan fingerprint density at radius 2 is 2.17 bits per heavy atom. The van der Waals surface area contributed by atoms with Gasteiger partial charge in [-0.15, -0.1) is 0 Å². The van der Waals surface area contributed by atoms with Gasteiger partial charge in [-0.1, -0.05) is 17.7 Å². The standard InChI is InChI=1S/C16H17ClN4O2/c1-16(2,9-22)20-12-4-3-5-13(19-12)21-8-11-10(15(21)23)6-7-18-14(11)17/h3-7,22H,8-9H2,1-2H3,(H,19,20). The fourth-order valence-corrected chi connectivity index (χ4v) is 2.63. The first-order valence-corrected chi connectivity index (χ1v) is 7.60. The van der Waals surface area contributed by atoms with Gasteiger partial charge in [-0.3, -0.25) is 9.69 Å². The third-order valence-corrected chi connectivity index (χ3v) is 3.99. The molecule has 0 unspecified atom stereocenters. The molecule has 23 heavy (non-hydrogen) atoms. The van der Waals surface area contributed by atoms with Crippen molar-refractivity contribution in [1.29, 1.82) is 0 Å². The molecule has 1 aliphatic heterocycles. The summed E-state index contributed by atoms with van der Waals surface area (Å²) in [6.07, 6.45) is 1.53. The first kappa shape index (κ1) is 15.7. The Bertz CT molecular complexity index is 763. The molecule has 0 saturated heterocycles. The van der Waals surface area contributed by atoms with Gasteiger partial charge in [0.2, 0.25) is 0 Å². The van der Waals surface area contributed by atoms with Gasteiger partial charge in [0.05, 0.1) is 18.7 Å². The van der Waals surface area contributed by atoms with Crippen LogP contribution >= 0.6 is 11.6 Å². The number of amides is 1. The van der Waals surface area contributed by atoms with Crippen LogP contribution in [0.15, 0.2) is 30.5 Å². The molecule has 0 fully saturated rings. The predicted octanol–water partition coefficient (Wildman–Crippen LogP) is 2.47. The molecule has 3 rings (SSSR count). The van der Waals surface area contributed by atoms with Crippen molar-refractivity contribution >= 4 is 29.1 Å². The molecule has 2 N–H and O–H groups in total. The number of fused-ring (bicyclic) bond motifs is 1. The number of hydrogen-bond acceptors (Lipinski definition) is 5. The van der Waals surface area contributed by atoms with Crippen molar-refractivity contribution in [1.82, 2.24) is 9.97 Å². The maximum Gasteiger partial charge on any atom is 0.260 e. The van der Waals surface area contributed by atoms with Gasteiger partial charge in [0.1, 0.15) is 16.8 Å². The van der Waals surface area contributed by atoms with Crippen molar-refractivity contribution in [3.63, 3.8) is 0 Å². The zero-order valence-electron chi connectivity index (χ0n) is 12.9. The van der Waals surface area contributed by atoms with Crippen molar-refractivity contribution in [2.75, 3.05) is 16.8 Å². The third kappa shape index (κ3) is 3.00. The lowest BCUT2D eigenvalue weighted by Gasteiger charge is -2.25. The molecule has 0 spiro atoms. The second-order valence-electron chi connectivity index (χ2n) is 6.07. The number of anilines is 2. The van der Waals surface area contributed by atoms with Gasteiger partial charge in [0.25, 0.3) is 5.91 Å². The molecule has 0 radical (unpaired) electrons. The fourth-order valence-electron chi connectivity index (χ4n) is 2.41. The molecule has 0 bridgehead atoms. The maximum absolute atomic E-state index is 12.5. The van der Waals surface area contributed by atoms with Crippen molar-refractivity contribution < 1.29 is 9.90 Å². The van der Waals surface area contributed by atoms with E-state index in [1.54, 1.807) is 23.1 Å². The fraction of sp³-hybridized carbons (Fsp3) is 0.312. The van der Waals surface area contributed by atoms with Gasteiger partial charge in [-0.25, -0.2) is 9.97 Å². The van der Waals surface area contributed by atoms with Crippen LogP contribution < -0.4 is 10.2 Å². The van der Waals surface area contributed by atoms with E-state index < -0.39 is 5.54 Å². The minimum absolute atomic E-state index is 0.0335. The summed E-state index contributed by atoms with van der Waals surface area (Å²) in [6.45, 7) is 4.04. The second-order valence-corrected chi connectivity index (χ2v) is 6.43. The summed E-state index contributed by atoms with van der Waals surface area (Å²) < 4.78 is 0. The summed E-state index contributed by atoms with van der Waals surface area (Å²) in [6, 6.07) is 7.04. The average Bonchev–Trinajstić information content (AvgIpc) is 2.86. The molecule has 0 aromatic carbocycles. The minimum Gasteiger partial charge on any atom is -0.394 e. The Balaban J connectivity index is 1.90. The highest BCUT2D eigenvalue weighted by Gasteiger charge is 2.31. The molecule has 3 heterocycles. The van der Waals surface area contributed by atoms with E-state index in [1.807, 2.05) is 19.9 Å². The summed E-state index contributed by atoms with van der Waals surface area (Å²) in [5.74, 6) is 0.978. The van der Waals surface area contributed by atoms with Crippen LogP contribution in [-0.4, -0.2) is 33.1 Å². The predicted molar refractivity (Wildman–Crippen MR) is 88.8 cm³/mol. The molecule has 0 atom stereocenters. The Hall–Kier alpha value is -2.18. The van der Waals surface area contributed by atoms with E-state index in [9.17, 15) is 9.90 Å². The van der Waals surface area contributed by atoms with Crippen molar-refractivity contribution in [2.45, 2.75) is 25.9 Å².